The third kappa shape index (κ3) is 5.61. The molecule has 5 heteroatoms. The molecule has 1 aromatic carbocycles. The Bertz CT molecular complexity index is 415. The number of methoxy groups -OCH3 is 2. The molecule has 1 atom stereocenters. The lowest BCUT2D eigenvalue weighted by molar-refractivity contribution is 0.171. The Morgan fingerprint density at radius 2 is 2.05 bits per heavy atom. The first-order valence-corrected chi connectivity index (χ1v) is 7.37. The molecule has 0 aliphatic carbocycles. The van der Waals surface area contributed by atoms with E-state index in [0.717, 1.165) is 24.3 Å². The number of anilines is 1. The number of rotatable bonds is 10. The predicted molar refractivity (Wildman–Crippen MR) is 84.3 cm³/mol. The summed E-state index contributed by atoms with van der Waals surface area (Å²) in [5.74, 6) is -0.210. The van der Waals surface area contributed by atoms with E-state index in [1.54, 1.807) is 20.3 Å². The highest BCUT2D eigenvalue weighted by molar-refractivity contribution is 5.54. The molecule has 0 aliphatic rings. The van der Waals surface area contributed by atoms with Crippen molar-refractivity contribution in [3.63, 3.8) is 0 Å². The van der Waals surface area contributed by atoms with Crippen molar-refractivity contribution in [1.82, 2.24) is 5.32 Å². The van der Waals surface area contributed by atoms with Crippen molar-refractivity contribution < 1.29 is 13.9 Å². The highest BCUT2D eigenvalue weighted by atomic mass is 19.1. The van der Waals surface area contributed by atoms with Crippen LogP contribution in [0.1, 0.15) is 19.4 Å². The quantitative estimate of drug-likeness (QED) is 0.719. The second kappa shape index (κ2) is 9.71. The molecule has 0 fully saturated rings. The molecule has 21 heavy (non-hydrogen) atoms. The SMILES string of the molecule is CCNCc1cc(F)ccc1N(CCOC)C(C)COC. The Labute approximate surface area is 127 Å². The molecule has 1 rings (SSSR count). The second-order valence-electron chi connectivity index (χ2n) is 5.04. The zero-order valence-electron chi connectivity index (χ0n) is 13.5. The molecule has 0 saturated carbocycles. The highest BCUT2D eigenvalue weighted by Gasteiger charge is 2.17. The second-order valence-corrected chi connectivity index (χ2v) is 5.04. The predicted octanol–water partition coefficient (Wildman–Crippen LogP) is 2.42. The summed E-state index contributed by atoms with van der Waals surface area (Å²) in [4.78, 5) is 2.21. The first kappa shape index (κ1) is 17.9. The maximum atomic E-state index is 13.5. The van der Waals surface area contributed by atoms with Crippen LogP contribution in [0.3, 0.4) is 0 Å². The van der Waals surface area contributed by atoms with E-state index in [2.05, 4.69) is 17.1 Å². The normalized spacial score (nSPS) is 12.4. The van der Waals surface area contributed by atoms with Gasteiger partial charge in [-0.1, -0.05) is 6.92 Å². The molecule has 4 nitrogen and oxygen atoms in total. The Morgan fingerprint density at radius 1 is 1.29 bits per heavy atom. The van der Waals surface area contributed by atoms with Gasteiger partial charge in [0.15, 0.2) is 0 Å². The number of nitrogens with one attached hydrogen (secondary N) is 1. The summed E-state index contributed by atoms with van der Waals surface area (Å²) in [5, 5.41) is 3.26. The van der Waals surface area contributed by atoms with E-state index < -0.39 is 0 Å². The zero-order valence-corrected chi connectivity index (χ0v) is 13.5. The van der Waals surface area contributed by atoms with Crippen molar-refractivity contribution >= 4 is 5.69 Å². The number of hydrogen-bond donors (Lipinski definition) is 1. The van der Waals surface area contributed by atoms with Gasteiger partial charge >= 0.3 is 0 Å². The van der Waals surface area contributed by atoms with E-state index in [1.165, 1.54) is 6.07 Å². The fraction of sp³-hybridized carbons (Fsp3) is 0.625. The monoisotopic (exact) mass is 298 g/mol. The van der Waals surface area contributed by atoms with E-state index >= 15 is 0 Å². The molecule has 0 bridgehead atoms. The van der Waals surface area contributed by atoms with Crippen molar-refractivity contribution in [2.24, 2.45) is 0 Å². The Morgan fingerprint density at radius 3 is 2.67 bits per heavy atom. The van der Waals surface area contributed by atoms with Crippen LogP contribution in [-0.2, 0) is 16.0 Å². The Hall–Kier alpha value is -1.17. The topological polar surface area (TPSA) is 33.7 Å². The van der Waals surface area contributed by atoms with Gasteiger partial charge in [-0.25, -0.2) is 4.39 Å². The van der Waals surface area contributed by atoms with Gasteiger partial charge in [-0.05, 0) is 37.2 Å². The number of benzene rings is 1. The van der Waals surface area contributed by atoms with Crippen molar-refractivity contribution in [2.75, 3.05) is 45.4 Å². The van der Waals surface area contributed by atoms with Crippen molar-refractivity contribution in [2.45, 2.75) is 26.4 Å². The largest absolute Gasteiger partial charge is 0.383 e. The lowest BCUT2D eigenvalue weighted by Crippen LogP contribution is -2.39. The average Bonchev–Trinajstić information content (AvgIpc) is 2.47. The minimum absolute atomic E-state index is 0.191. The van der Waals surface area contributed by atoms with Gasteiger partial charge in [-0.3, -0.25) is 0 Å². The van der Waals surface area contributed by atoms with E-state index in [0.29, 0.717) is 19.8 Å². The van der Waals surface area contributed by atoms with E-state index in [9.17, 15) is 4.39 Å². The van der Waals surface area contributed by atoms with E-state index in [1.807, 2.05) is 13.0 Å². The third-order valence-corrected chi connectivity index (χ3v) is 3.39. The molecular formula is C16H27FN2O2. The summed E-state index contributed by atoms with van der Waals surface area (Å²) in [5.41, 5.74) is 1.98. The molecule has 1 unspecified atom stereocenters. The summed E-state index contributed by atoms with van der Waals surface area (Å²) in [7, 11) is 3.37. The van der Waals surface area contributed by atoms with Gasteiger partial charge in [0.1, 0.15) is 5.82 Å². The standard InChI is InChI=1S/C16H27FN2O2/c1-5-18-11-14-10-15(17)6-7-16(14)19(8-9-20-3)13(2)12-21-4/h6-7,10,13,18H,5,8-9,11-12H2,1-4H3. The van der Waals surface area contributed by atoms with Gasteiger partial charge in [0.05, 0.1) is 13.2 Å². The fourth-order valence-electron chi connectivity index (χ4n) is 2.33. The first-order chi connectivity index (χ1) is 10.1. The third-order valence-electron chi connectivity index (χ3n) is 3.39. The minimum Gasteiger partial charge on any atom is -0.383 e. The number of halogens is 1. The number of nitrogens with zero attached hydrogens (tertiary/aromatic N) is 1. The van der Waals surface area contributed by atoms with Crippen LogP contribution in [0.25, 0.3) is 0 Å². The van der Waals surface area contributed by atoms with Crippen LogP contribution in [0, 0.1) is 5.82 Å². The van der Waals surface area contributed by atoms with Gasteiger partial charge in [0, 0.05) is 39.0 Å². The van der Waals surface area contributed by atoms with Crippen LogP contribution >= 0.6 is 0 Å². The molecule has 1 aromatic rings. The Kier molecular flexibility index (Phi) is 8.27. The average molecular weight is 298 g/mol. The summed E-state index contributed by atoms with van der Waals surface area (Å²) in [6.07, 6.45) is 0. The van der Waals surface area contributed by atoms with Gasteiger partial charge < -0.3 is 19.7 Å². The molecule has 120 valence electrons. The van der Waals surface area contributed by atoms with Crippen molar-refractivity contribution in [3.8, 4) is 0 Å². The van der Waals surface area contributed by atoms with Gasteiger partial charge in [0.2, 0.25) is 0 Å². The van der Waals surface area contributed by atoms with Crippen LogP contribution in [-0.4, -0.2) is 46.6 Å². The Balaban J connectivity index is 3.03. The maximum absolute atomic E-state index is 13.5. The molecular weight excluding hydrogens is 271 g/mol. The molecule has 0 saturated heterocycles. The van der Waals surface area contributed by atoms with Crippen molar-refractivity contribution in [1.29, 1.82) is 0 Å². The fourth-order valence-corrected chi connectivity index (χ4v) is 2.33. The summed E-state index contributed by atoms with van der Waals surface area (Å²) >= 11 is 0. The highest BCUT2D eigenvalue weighted by Crippen LogP contribution is 2.24. The number of hydrogen-bond acceptors (Lipinski definition) is 4. The van der Waals surface area contributed by atoms with E-state index in [-0.39, 0.29) is 11.9 Å². The molecule has 0 spiro atoms. The lowest BCUT2D eigenvalue weighted by atomic mass is 10.1. The molecule has 0 radical (unpaired) electrons. The van der Waals surface area contributed by atoms with Crippen LogP contribution < -0.4 is 10.2 Å². The van der Waals surface area contributed by atoms with E-state index in [4.69, 9.17) is 9.47 Å². The van der Waals surface area contributed by atoms with Gasteiger partial charge in [-0.15, -0.1) is 0 Å². The van der Waals surface area contributed by atoms with Crippen LogP contribution in [0.15, 0.2) is 18.2 Å². The summed E-state index contributed by atoms with van der Waals surface area (Å²) < 4.78 is 24.0. The molecule has 0 aromatic heterocycles. The number of ether oxygens (including phenoxy) is 2. The molecule has 0 heterocycles. The zero-order chi connectivity index (χ0) is 15.7. The minimum atomic E-state index is -0.210. The van der Waals surface area contributed by atoms with Crippen LogP contribution in [0.4, 0.5) is 10.1 Å². The summed E-state index contributed by atoms with van der Waals surface area (Å²) in [6.45, 7) is 7.60. The van der Waals surface area contributed by atoms with Gasteiger partial charge in [0.25, 0.3) is 0 Å². The lowest BCUT2D eigenvalue weighted by Gasteiger charge is -2.32. The molecule has 0 aliphatic heterocycles. The smallest absolute Gasteiger partial charge is 0.123 e. The first-order valence-electron chi connectivity index (χ1n) is 7.37. The van der Waals surface area contributed by atoms with Crippen molar-refractivity contribution in [3.05, 3.63) is 29.6 Å². The van der Waals surface area contributed by atoms with Gasteiger partial charge in [-0.2, -0.15) is 0 Å². The van der Waals surface area contributed by atoms with Crippen LogP contribution in [0.5, 0.6) is 0 Å². The maximum Gasteiger partial charge on any atom is 0.123 e. The molecule has 1 N–H and O–H groups in total. The summed E-state index contributed by atoms with van der Waals surface area (Å²) in [6, 6.07) is 5.13. The van der Waals surface area contributed by atoms with Crippen LogP contribution in [0.2, 0.25) is 0 Å². The molecule has 0 amide bonds.